The van der Waals surface area contributed by atoms with Crippen LogP contribution in [0.2, 0.25) is 0 Å². The topological polar surface area (TPSA) is 99.4 Å². The fourth-order valence-electron chi connectivity index (χ4n) is 3.02. The number of H-pyrrole nitrogens is 2. The van der Waals surface area contributed by atoms with Crippen LogP contribution in [0.1, 0.15) is 10.4 Å². The van der Waals surface area contributed by atoms with E-state index in [1.165, 1.54) is 12.1 Å². The maximum atomic E-state index is 13.1. The van der Waals surface area contributed by atoms with Gasteiger partial charge in [-0.25, -0.2) is 9.37 Å². The number of aromatic nitrogens is 5. The molecule has 0 radical (unpaired) electrons. The van der Waals surface area contributed by atoms with Crippen LogP contribution in [0.3, 0.4) is 0 Å². The van der Waals surface area contributed by atoms with Gasteiger partial charge in [-0.2, -0.15) is 15.4 Å². The highest BCUT2D eigenvalue weighted by Gasteiger charge is 2.11. The summed E-state index contributed by atoms with van der Waals surface area (Å²) in [5, 5.41) is 13.4. The molecular weight excluding hydrogens is 359 g/mol. The number of nitrogens with one attached hydrogen (secondary N) is 3. The van der Waals surface area contributed by atoms with E-state index in [9.17, 15) is 9.18 Å². The van der Waals surface area contributed by atoms with Crippen LogP contribution in [0.25, 0.3) is 33.5 Å². The third-order valence-electron chi connectivity index (χ3n) is 4.44. The largest absolute Gasteiger partial charge is 0.338 e. The number of hydrogen-bond donors (Lipinski definition) is 3. The van der Waals surface area contributed by atoms with Crippen LogP contribution < -0.4 is 5.32 Å². The summed E-state index contributed by atoms with van der Waals surface area (Å²) >= 11 is 0. The van der Waals surface area contributed by atoms with Gasteiger partial charge in [0.1, 0.15) is 22.7 Å². The number of carbonyl (C=O) groups excluding carboxylic acids is 1. The molecular formula is C20H13FN6O. The van der Waals surface area contributed by atoms with Gasteiger partial charge in [0.05, 0.1) is 11.0 Å². The first-order valence-corrected chi connectivity index (χ1v) is 8.53. The van der Waals surface area contributed by atoms with Gasteiger partial charge in [-0.3, -0.25) is 4.79 Å². The molecule has 3 aromatic carbocycles. The van der Waals surface area contributed by atoms with E-state index in [1.807, 2.05) is 12.1 Å². The summed E-state index contributed by atoms with van der Waals surface area (Å²) in [6, 6.07) is 16.6. The Labute approximate surface area is 157 Å². The van der Waals surface area contributed by atoms with Crippen molar-refractivity contribution in [2.75, 3.05) is 5.32 Å². The quantitative estimate of drug-likeness (QED) is 0.447. The molecule has 0 aliphatic heterocycles. The maximum Gasteiger partial charge on any atom is 0.255 e. The number of benzene rings is 3. The Bertz CT molecular complexity index is 1320. The first kappa shape index (κ1) is 16.1. The third kappa shape index (κ3) is 2.86. The van der Waals surface area contributed by atoms with Crippen molar-refractivity contribution in [2.24, 2.45) is 0 Å². The predicted octanol–water partition coefficient (Wildman–Crippen LogP) is 3.89. The maximum absolute atomic E-state index is 13.1. The van der Waals surface area contributed by atoms with Crippen molar-refractivity contribution in [1.82, 2.24) is 25.4 Å². The van der Waals surface area contributed by atoms with Crippen molar-refractivity contribution in [3.8, 4) is 11.4 Å². The summed E-state index contributed by atoms with van der Waals surface area (Å²) in [6.45, 7) is 0. The molecule has 0 aliphatic rings. The molecule has 5 aromatic rings. The number of nitrogens with zero attached hydrogens (tertiary/aromatic N) is 3. The van der Waals surface area contributed by atoms with Crippen LogP contribution in [0.4, 0.5) is 10.1 Å². The molecule has 0 fully saturated rings. The lowest BCUT2D eigenvalue weighted by Gasteiger charge is -2.05. The Morgan fingerprint density at radius 3 is 2.54 bits per heavy atom. The molecule has 7 nitrogen and oxygen atoms in total. The monoisotopic (exact) mass is 372 g/mol. The molecule has 28 heavy (non-hydrogen) atoms. The summed E-state index contributed by atoms with van der Waals surface area (Å²) in [5.74, 6) is 0.0890. The van der Waals surface area contributed by atoms with Crippen molar-refractivity contribution in [2.45, 2.75) is 0 Å². The molecule has 1 amide bonds. The molecule has 0 saturated heterocycles. The molecule has 2 heterocycles. The van der Waals surface area contributed by atoms with Gasteiger partial charge in [-0.1, -0.05) is 0 Å². The molecule has 136 valence electrons. The molecule has 0 saturated carbocycles. The van der Waals surface area contributed by atoms with Crippen LogP contribution in [0, 0.1) is 5.82 Å². The Morgan fingerprint density at radius 1 is 0.893 bits per heavy atom. The van der Waals surface area contributed by atoms with E-state index in [1.54, 1.807) is 36.4 Å². The van der Waals surface area contributed by atoms with Crippen molar-refractivity contribution >= 4 is 33.7 Å². The minimum atomic E-state index is -0.298. The number of aromatic amines is 2. The van der Waals surface area contributed by atoms with Gasteiger partial charge >= 0.3 is 0 Å². The van der Waals surface area contributed by atoms with E-state index >= 15 is 0 Å². The van der Waals surface area contributed by atoms with Crippen molar-refractivity contribution < 1.29 is 9.18 Å². The second-order valence-electron chi connectivity index (χ2n) is 6.31. The SMILES string of the molecule is O=C(Nc1ccc2nc(-c3ccc(F)cc3)[nH]c2c1)c1ccc2n[nH]nc2c1. The lowest BCUT2D eigenvalue weighted by Crippen LogP contribution is -2.11. The van der Waals surface area contributed by atoms with Crippen molar-refractivity contribution in [1.29, 1.82) is 0 Å². The van der Waals surface area contributed by atoms with Gasteiger partial charge in [0, 0.05) is 16.8 Å². The van der Waals surface area contributed by atoms with Gasteiger partial charge < -0.3 is 10.3 Å². The Hall–Kier alpha value is -4.07. The average molecular weight is 372 g/mol. The van der Waals surface area contributed by atoms with Crippen molar-refractivity contribution in [3.63, 3.8) is 0 Å². The van der Waals surface area contributed by atoms with E-state index in [2.05, 4.69) is 30.7 Å². The zero-order valence-corrected chi connectivity index (χ0v) is 14.4. The van der Waals surface area contributed by atoms with Crippen LogP contribution >= 0.6 is 0 Å². The summed E-state index contributed by atoms with van der Waals surface area (Å²) in [4.78, 5) is 20.3. The Kier molecular flexibility index (Phi) is 3.61. The lowest BCUT2D eigenvalue weighted by molar-refractivity contribution is 0.102. The molecule has 3 N–H and O–H groups in total. The highest BCUT2D eigenvalue weighted by Crippen LogP contribution is 2.23. The fraction of sp³-hybridized carbons (Fsp3) is 0. The van der Waals surface area contributed by atoms with Crippen LogP contribution in [-0.4, -0.2) is 31.3 Å². The minimum absolute atomic E-state index is 0.248. The number of imidazole rings is 1. The number of amides is 1. The lowest BCUT2D eigenvalue weighted by atomic mass is 10.2. The number of anilines is 1. The van der Waals surface area contributed by atoms with Crippen LogP contribution in [0.15, 0.2) is 60.7 Å². The van der Waals surface area contributed by atoms with Gasteiger partial charge in [-0.05, 0) is 60.7 Å². The summed E-state index contributed by atoms with van der Waals surface area (Å²) in [6.07, 6.45) is 0. The van der Waals surface area contributed by atoms with Gasteiger partial charge in [-0.15, -0.1) is 0 Å². The molecule has 0 aliphatic carbocycles. The number of rotatable bonds is 3. The van der Waals surface area contributed by atoms with E-state index in [0.717, 1.165) is 16.6 Å². The zero-order chi connectivity index (χ0) is 19.1. The number of fused-ring (bicyclic) bond motifs is 2. The normalized spacial score (nSPS) is 11.2. The number of halogens is 1. The summed E-state index contributed by atoms with van der Waals surface area (Å²) < 4.78 is 13.1. The number of carbonyl (C=O) groups is 1. The molecule has 8 heteroatoms. The summed E-state index contributed by atoms with van der Waals surface area (Å²) in [5.41, 5.74) is 4.74. The average Bonchev–Trinajstić information content (AvgIpc) is 3.34. The molecule has 0 atom stereocenters. The second kappa shape index (κ2) is 6.27. The highest BCUT2D eigenvalue weighted by atomic mass is 19.1. The molecule has 2 aromatic heterocycles. The Balaban J connectivity index is 1.42. The standard InChI is InChI=1S/C20H13FN6O/c21-13-4-1-11(2-5-13)19-23-15-8-6-14(10-17(15)24-19)22-20(28)12-3-7-16-18(9-12)26-27-25-16/h1-10H,(H,22,28)(H,23,24)(H,25,26,27). The molecule has 0 unspecified atom stereocenters. The van der Waals surface area contributed by atoms with Gasteiger partial charge in [0.15, 0.2) is 0 Å². The van der Waals surface area contributed by atoms with E-state index in [-0.39, 0.29) is 11.7 Å². The smallest absolute Gasteiger partial charge is 0.255 e. The van der Waals surface area contributed by atoms with E-state index in [0.29, 0.717) is 28.1 Å². The minimum Gasteiger partial charge on any atom is -0.338 e. The predicted molar refractivity (Wildman–Crippen MR) is 103 cm³/mol. The fourth-order valence-corrected chi connectivity index (χ4v) is 3.02. The molecule has 0 spiro atoms. The number of hydrogen-bond acceptors (Lipinski definition) is 4. The molecule has 0 bridgehead atoms. The third-order valence-corrected chi connectivity index (χ3v) is 4.44. The first-order valence-electron chi connectivity index (χ1n) is 8.53. The highest BCUT2D eigenvalue weighted by molar-refractivity contribution is 6.06. The Morgan fingerprint density at radius 2 is 1.68 bits per heavy atom. The molecule has 5 rings (SSSR count). The van der Waals surface area contributed by atoms with Crippen LogP contribution in [0.5, 0.6) is 0 Å². The summed E-state index contributed by atoms with van der Waals surface area (Å²) in [7, 11) is 0. The first-order chi connectivity index (χ1) is 13.7. The van der Waals surface area contributed by atoms with Crippen LogP contribution in [-0.2, 0) is 0 Å². The van der Waals surface area contributed by atoms with E-state index < -0.39 is 0 Å². The van der Waals surface area contributed by atoms with E-state index in [4.69, 9.17) is 0 Å². The van der Waals surface area contributed by atoms with Gasteiger partial charge in [0.2, 0.25) is 0 Å². The van der Waals surface area contributed by atoms with Gasteiger partial charge in [0.25, 0.3) is 5.91 Å². The second-order valence-corrected chi connectivity index (χ2v) is 6.31. The van der Waals surface area contributed by atoms with Crippen molar-refractivity contribution in [3.05, 3.63) is 72.0 Å². The zero-order valence-electron chi connectivity index (χ0n) is 14.4.